The Morgan fingerprint density at radius 2 is 1.62 bits per heavy atom. The average molecular weight is 346 g/mol. The predicted molar refractivity (Wildman–Crippen MR) is 106 cm³/mol. The van der Waals surface area contributed by atoms with Crippen LogP contribution < -0.4 is 15.4 Å². The smallest absolute Gasteiger partial charge is 0.410 e. The van der Waals surface area contributed by atoms with Crippen LogP contribution in [0.25, 0.3) is 0 Å². The third-order valence-electron chi connectivity index (χ3n) is 4.11. The molecule has 0 unspecified atom stereocenters. The number of carbonyl (C=O) groups excluding carboxylic acids is 1. The minimum atomic E-state index is -0.442. The Morgan fingerprint density at radius 1 is 0.962 bits per heavy atom. The second kappa shape index (κ2) is 8.21. The fourth-order valence-corrected chi connectivity index (χ4v) is 2.76. The maximum Gasteiger partial charge on any atom is 0.419 e. The number of amides is 1. The molecule has 0 spiro atoms. The van der Waals surface area contributed by atoms with Crippen molar-refractivity contribution in [2.24, 2.45) is 0 Å². The largest absolute Gasteiger partial charge is 0.419 e. The highest BCUT2D eigenvalue weighted by molar-refractivity contribution is 5.93. The summed E-state index contributed by atoms with van der Waals surface area (Å²) in [5.41, 5.74) is 9.59. The first-order chi connectivity index (χ1) is 12.6. The van der Waals surface area contributed by atoms with Crippen LogP contribution in [-0.4, -0.2) is 12.6 Å². The van der Waals surface area contributed by atoms with Crippen molar-refractivity contribution in [1.29, 1.82) is 0 Å². The van der Waals surface area contributed by atoms with Gasteiger partial charge in [-0.15, -0.1) is 0 Å². The average Bonchev–Trinajstić information content (AvgIpc) is 2.65. The van der Waals surface area contributed by atoms with Gasteiger partial charge in [0.25, 0.3) is 0 Å². The lowest BCUT2D eigenvalue weighted by Gasteiger charge is -2.24. The minimum Gasteiger partial charge on any atom is -0.410 e. The van der Waals surface area contributed by atoms with Gasteiger partial charge in [0, 0.05) is 6.54 Å². The van der Waals surface area contributed by atoms with Crippen molar-refractivity contribution in [3.63, 3.8) is 0 Å². The topological polar surface area (TPSA) is 55.6 Å². The summed E-state index contributed by atoms with van der Waals surface area (Å²) in [5.74, 6) is 0.507. The van der Waals surface area contributed by atoms with E-state index in [4.69, 9.17) is 10.5 Å². The van der Waals surface area contributed by atoms with Gasteiger partial charge in [0.1, 0.15) is 5.75 Å². The molecule has 26 heavy (non-hydrogen) atoms. The number of para-hydroxylation sites is 1. The lowest BCUT2D eigenvalue weighted by Crippen LogP contribution is -2.36. The minimum absolute atomic E-state index is 0.442. The highest BCUT2D eigenvalue weighted by Crippen LogP contribution is 2.26. The Labute approximate surface area is 153 Å². The first-order valence-electron chi connectivity index (χ1n) is 8.58. The van der Waals surface area contributed by atoms with Gasteiger partial charge < -0.3 is 10.5 Å². The number of carbonyl (C=O) groups is 1. The van der Waals surface area contributed by atoms with Gasteiger partial charge >= 0.3 is 6.09 Å². The summed E-state index contributed by atoms with van der Waals surface area (Å²) in [6, 6.07) is 24.7. The van der Waals surface area contributed by atoms with Crippen molar-refractivity contribution in [3.05, 3.63) is 90.0 Å². The molecule has 4 heteroatoms. The van der Waals surface area contributed by atoms with Gasteiger partial charge in [-0.3, -0.25) is 4.90 Å². The Kier molecular flexibility index (Phi) is 5.54. The van der Waals surface area contributed by atoms with E-state index in [1.807, 2.05) is 73.7 Å². The van der Waals surface area contributed by atoms with E-state index in [2.05, 4.69) is 0 Å². The number of aryl methyl sites for hydroxylation is 1. The van der Waals surface area contributed by atoms with Crippen LogP contribution in [0.3, 0.4) is 0 Å². The molecule has 0 atom stereocenters. The molecular formula is C22H22N2O2. The maximum atomic E-state index is 12.8. The quantitative estimate of drug-likeness (QED) is 0.674. The summed E-state index contributed by atoms with van der Waals surface area (Å²) >= 11 is 0. The molecule has 0 heterocycles. The van der Waals surface area contributed by atoms with Crippen LogP contribution in [0, 0.1) is 6.92 Å². The summed E-state index contributed by atoms with van der Waals surface area (Å²) in [5, 5.41) is 0. The number of benzene rings is 3. The zero-order chi connectivity index (χ0) is 18.4. The summed E-state index contributed by atoms with van der Waals surface area (Å²) < 4.78 is 5.54. The molecule has 3 rings (SSSR count). The van der Waals surface area contributed by atoms with E-state index in [1.54, 1.807) is 17.0 Å². The van der Waals surface area contributed by atoms with Crippen LogP contribution in [0.1, 0.15) is 11.1 Å². The number of nitrogens with zero attached hydrogens (tertiary/aromatic N) is 1. The van der Waals surface area contributed by atoms with Gasteiger partial charge in [-0.2, -0.15) is 0 Å². The molecule has 4 nitrogen and oxygen atoms in total. The van der Waals surface area contributed by atoms with Gasteiger partial charge in [-0.05, 0) is 48.7 Å². The molecule has 0 fully saturated rings. The van der Waals surface area contributed by atoms with Gasteiger partial charge in [-0.25, -0.2) is 4.79 Å². The second-order valence-corrected chi connectivity index (χ2v) is 6.13. The molecule has 3 aromatic carbocycles. The van der Waals surface area contributed by atoms with E-state index in [1.165, 1.54) is 0 Å². The van der Waals surface area contributed by atoms with Crippen molar-refractivity contribution >= 4 is 17.5 Å². The fraction of sp³-hybridized carbons (Fsp3) is 0.136. The molecular weight excluding hydrogens is 324 g/mol. The van der Waals surface area contributed by atoms with Crippen LogP contribution in [0.2, 0.25) is 0 Å². The van der Waals surface area contributed by atoms with E-state index >= 15 is 0 Å². The third kappa shape index (κ3) is 4.42. The zero-order valence-electron chi connectivity index (χ0n) is 14.8. The number of ether oxygens (including phenoxy) is 1. The molecule has 2 N–H and O–H groups in total. The molecule has 0 saturated heterocycles. The van der Waals surface area contributed by atoms with Gasteiger partial charge in [0.05, 0.1) is 11.4 Å². The summed E-state index contributed by atoms with van der Waals surface area (Å²) in [6.45, 7) is 2.44. The number of nitrogen functional groups attached to an aromatic ring is 1. The molecule has 132 valence electrons. The Morgan fingerprint density at radius 3 is 2.27 bits per heavy atom. The summed E-state index contributed by atoms with van der Waals surface area (Å²) in [6.07, 6.45) is 0.264. The molecule has 0 aliphatic heterocycles. The molecule has 0 aliphatic carbocycles. The number of hydrogen-bond acceptors (Lipinski definition) is 3. The van der Waals surface area contributed by atoms with Crippen LogP contribution in [0.4, 0.5) is 16.2 Å². The van der Waals surface area contributed by atoms with Crippen LogP contribution in [0.5, 0.6) is 5.75 Å². The molecule has 0 saturated carbocycles. The van der Waals surface area contributed by atoms with Crippen molar-refractivity contribution < 1.29 is 9.53 Å². The van der Waals surface area contributed by atoms with Gasteiger partial charge in [0.15, 0.2) is 0 Å². The number of anilines is 2. The first kappa shape index (κ1) is 17.5. The zero-order valence-corrected chi connectivity index (χ0v) is 14.8. The van der Waals surface area contributed by atoms with E-state index < -0.39 is 6.09 Å². The fourth-order valence-electron chi connectivity index (χ4n) is 2.76. The highest BCUT2D eigenvalue weighted by atomic mass is 16.6. The Balaban J connectivity index is 1.84. The maximum absolute atomic E-state index is 12.8. The van der Waals surface area contributed by atoms with Gasteiger partial charge in [-0.1, -0.05) is 54.6 Å². The van der Waals surface area contributed by atoms with E-state index in [0.717, 1.165) is 11.1 Å². The first-order valence-corrected chi connectivity index (χ1v) is 8.58. The van der Waals surface area contributed by atoms with Crippen molar-refractivity contribution in [2.75, 3.05) is 17.2 Å². The lowest BCUT2D eigenvalue weighted by molar-refractivity contribution is 0.207. The summed E-state index contributed by atoms with van der Waals surface area (Å²) in [7, 11) is 0. The van der Waals surface area contributed by atoms with Crippen LogP contribution >= 0.6 is 0 Å². The molecule has 0 radical (unpaired) electrons. The normalized spacial score (nSPS) is 10.3. The molecule has 0 aliphatic rings. The SMILES string of the molecule is Cc1ccc(N(CCc2ccccc2)C(=O)Oc2ccccc2)c(N)c1. The highest BCUT2D eigenvalue weighted by Gasteiger charge is 2.20. The van der Waals surface area contributed by atoms with E-state index in [0.29, 0.717) is 30.1 Å². The monoisotopic (exact) mass is 346 g/mol. The molecule has 0 aromatic heterocycles. The van der Waals surface area contributed by atoms with Crippen molar-refractivity contribution in [2.45, 2.75) is 13.3 Å². The number of rotatable bonds is 5. The molecule has 0 bridgehead atoms. The number of nitrogens with two attached hydrogens (primary N) is 1. The Bertz CT molecular complexity index is 864. The lowest BCUT2D eigenvalue weighted by atomic mass is 10.1. The van der Waals surface area contributed by atoms with Crippen LogP contribution in [-0.2, 0) is 6.42 Å². The van der Waals surface area contributed by atoms with Gasteiger partial charge in [0.2, 0.25) is 0 Å². The third-order valence-corrected chi connectivity index (χ3v) is 4.11. The second-order valence-electron chi connectivity index (χ2n) is 6.13. The number of hydrogen-bond donors (Lipinski definition) is 1. The van der Waals surface area contributed by atoms with Crippen LogP contribution in [0.15, 0.2) is 78.9 Å². The van der Waals surface area contributed by atoms with E-state index in [-0.39, 0.29) is 0 Å². The standard InChI is InChI=1S/C22H22N2O2/c1-17-12-13-21(20(23)16-17)24(15-14-18-8-4-2-5-9-18)22(25)26-19-10-6-3-7-11-19/h2-13,16H,14-15,23H2,1H3. The molecule has 1 amide bonds. The van der Waals surface area contributed by atoms with Crippen molar-refractivity contribution in [3.8, 4) is 5.75 Å². The van der Waals surface area contributed by atoms with E-state index in [9.17, 15) is 4.79 Å². The summed E-state index contributed by atoms with van der Waals surface area (Å²) in [4.78, 5) is 14.4. The predicted octanol–water partition coefficient (Wildman–Crippen LogP) is 4.83. The van der Waals surface area contributed by atoms with Crippen molar-refractivity contribution in [1.82, 2.24) is 0 Å². The Hall–Kier alpha value is -3.27. The molecule has 3 aromatic rings.